The minimum atomic E-state index is 0.565. The Bertz CT molecular complexity index is 2320. The lowest BCUT2D eigenvalue weighted by Gasteiger charge is -2.14. The highest BCUT2D eigenvalue weighted by atomic mass is 16.5. The van der Waals surface area contributed by atoms with Crippen molar-refractivity contribution in [3.05, 3.63) is 163 Å². The molecule has 0 aliphatic carbocycles. The lowest BCUT2D eigenvalue weighted by atomic mass is 10.2. The molecule has 0 aliphatic rings. The van der Waals surface area contributed by atoms with Gasteiger partial charge in [-0.3, -0.25) is 0 Å². The van der Waals surface area contributed by atoms with Crippen LogP contribution in [0.3, 0.4) is 0 Å². The highest BCUT2D eigenvalue weighted by Gasteiger charge is 2.24. The van der Waals surface area contributed by atoms with Crippen LogP contribution in [-0.4, -0.2) is 9.13 Å². The molecule has 0 amide bonds. The van der Waals surface area contributed by atoms with Crippen molar-refractivity contribution in [1.82, 2.24) is 9.13 Å². The molecule has 2 aromatic heterocycles. The number of fused-ring (bicyclic) bond motifs is 5. The molecule has 0 saturated heterocycles. The van der Waals surface area contributed by atoms with Gasteiger partial charge in [0.1, 0.15) is 11.5 Å². The van der Waals surface area contributed by atoms with E-state index < -0.39 is 0 Å². The number of ether oxygens (including phenoxy) is 2. The summed E-state index contributed by atoms with van der Waals surface area (Å²) in [4.78, 5) is 3.51. The SMILES string of the molecule is [C-]#[N+]c1ccc(Oc2ccccc2-n2c3ccccc3c3c2c2ccccc2n3-c2ccccc2Oc2ccc(C#N)cc2)cc1. The maximum Gasteiger partial charge on any atom is 0.187 e. The molecule has 0 atom stereocenters. The number of rotatable bonds is 6. The Kier molecular flexibility index (Phi) is 6.45. The van der Waals surface area contributed by atoms with Gasteiger partial charge in [0.05, 0.1) is 51.6 Å². The maximum absolute atomic E-state index is 9.26. The van der Waals surface area contributed by atoms with Gasteiger partial charge in [0.25, 0.3) is 0 Å². The van der Waals surface area contributed by atoms with Crippen molar-refractivity contribution in [2.45, 2.75) is 0 Å². The Morgan fingerprint density at radius 3 is 1.43 bits per heavy atom. The van der Waals surface area contributed by atoms with Crippen LogP contribution in [0, 0.1) is 17.9 Å². The lowest BCUT2D eigenvalue weighted by molar-refractivity contribution is 0.480. The third-order valence-electron chi connectivity index (χ3n) is 8.09. The highest BCUT2D eigenvalue weighted by Crippen LogP contribution is 2.44. The van der Waals surface area contributed by atoms with Crippen LogP contribution in [0.15, 0.2) is 146 Å². The molecule has 0 bridgehead atoms. The van der Waals surface area contributed by atoms with Crippen LogP contribution in [0.4, 0.5) is 5.69 Å². The molecule has 216 valence electrons. The first-order valence-electron chi connectivity index (χ1n) is 14.8. The summed E-state index contributed by atoms with van der Waals surface area (Å²) >= 11 is 0. The summed E-state index contributed by atoms with van der Waals surface area (Å²) < 4.78 is 17.5. The van der Waals surface area contributed by atoms with Gasteiger partial charge in [-0.25, -0.2) is 4.85 Å². The number of nitrogens with zero attached hydrogens (tertiary/aromatic N) is 4. The molecule has 6 nitrogen and oxygen atoms in total. The molecule has 6 heteroatoms. The van der Waals surface area contributed by atoms with Gasteiger partial charge in [-0.1, -0.05) is 72.8 Å². The Hall–Kier alpha value is -6.76. The van der Waals surface area contributed by atoms with Crippen LogP contribution in [-0.2, 0) is 0 Å². The number of nitriles is 1. The molecule has 8 aromatic rings. The van der Waals surface area contributed by atoms with E-state index in [1.54, 1.807) is 24.3 Å². The third kappa shape index (κ3) is 4.42. The Labute approximate surface area is 264 Å². The summed E-state index contributed by atoms with van der Waals surface area (Å²) in [5, 5.41) is 11.4. The first kappa shape index (κ1) is 26.8. The van der Waals surface area contributed by atoms with E-state index in [2.05, 4.69) is 80.7 Å². The fourth-order valence-electron chi connectivity index (χ4n) is 6.08. The van der Waals surface area contributed by atoms with Gasteiger partial charge in [-0.15, -0.1) is 0 Å². The summed E-state index contributed by atoms with van der Waals surface area (Å²) in [5.74, 6) is 2.70. The number of hydrogen-bond acceptors (Lipinski definition) is 3. The summed E-state index contributed by atoms with van der Waals surface area (Å²) in [6.07, 6.45) is 0. The van der Waals surface area contributed by atoms with E-state index in [0.29, 0.717) is 34.2 Å². The molecule has 8 rings (SSSR count). The molecule has 46 heavy (non-hydrogen) atoms. The van der Waals surface area contributed by atoms with E-state index in [1.807, 2.05) is 60.7 Å². The Morgan fingerprint density at radius 2 is 0.957 bits per heavy atom. The second kappa shape index (κ2) is 11.1. The molecule has 2 heterocycles. The summed E-state index contributed by atoms with van der Waals surface area (Å²) in [6, 6.07) is 49.3. The lowest BCUT2D eigenvalue weighted by Crippen LogP contribution is -1.97. The third-order valence-corrected chi connectivity index (χ3v) is 8.09. The first-order chi connectivity index (χ1) is 22.7. The monoisotopic (exact) mass is 592 g/mol. The second-order valence-corrected chi connectivity index (χ2v) is 10.8. The maximum atomic E-state index is 9.26. The summed E-state index contributed by atoms with van der Waals surface area (Å²) in [7, 11) is 0. The van der Waals surface area contributed by atoms with Crippen LogP contribution < -0.4 is 9.47 Å². The molecule has 0 radical (unpaired) electrons. The number of hydrogen-bond donors (Lipinski definition) is 0. The normalized spacial score (nSPS) is 11.0. The van der Waals surface area contributed by atoms with Crippen LogP contribution in [0.2, 0.25) is 0 Å². The van der Waals surface area contributed by atoms with Gasteiger partial charge in [0, 0.05) is 10.8 Å². The van der Waals surface area contributed by atoms with Gasteiger partial charge in [0.15, 0.2) is 17.2 Å². The van der Waals surface area contributed by atoms with Crippen molar-refractivity contribution in [2.75, 3.05) is 0 Å². The first-order valence-corrected chi connectivity index (χ1v) is 14.8. The molecule has 0 spiro atoms. The predicted molar refractivity (Wildman–Crippen MR) is 182 cm³/mol. The predicted octanol–water partition coefficient (Wildman–Crippen LogP) is 10.7. The number of para-hydroxylation sites is 6. The van der Waals surface area contributed by atoms with E-state index in [0.717, 1.165) is 44.2 Å². The van der Waals surface area contributed by atoms with Crippen molar-refractivity contribution >= 4 is 38.5 Å². The van der Waals surface area contributed by atoms with Gasteiger partial charge in [0.2, 0.25) is 0 Å². The highest BCUT2D eigenvalue weighted by molar-refractivity contribution is 6.20. The Morgan fingerprint density at radius 1 is 0.522 bits per heavy atom. The van der Waals surface area contributed by atoms with Gasteiger partial charge in [-0.2, -0.15) is 5.26 Å². The quantitative estimate of drug-likeness (QED) is 0.181. The fraction of sp³-hybridized carbons (Fsp3) is 0. The van der Waals surface area contributed by atoms with Crippen LogP contribution in [0.5, 0.6) is 23.0 Å². The van der Waals surface area contributed by atoms with Crippen molar-refractivity contribution < 1.29 is 9.47 Å². The minimum Gasteiger partial charge on any atom is -0.455 e. The zero-order valence-electron chi connectivity index (χ0n) is 24.5. The Balaban J connectivity index is 1.38. The van der Waals surface area contributed by atoms with Gasteiger partial charge in [-0.05, 0) is 72.8 Å². The van der Waals surface area contributed by atoms with E-state index in [-0.39, 0.29) is 0 Å². The zero-order chi connectivity index (χ0) is 31.0. The van der Waals surface area contributed by atoms with Crippen LogP contribution >= 0.6 is 0 Å². The average molecular weight is 593 g/mol. The van der Waals surface area contributed by atoms with Crippen molar-refractivity contribution in [3.63, 3.8) is 0 Å². The topological polar surface area (TPSA) is 56.5 Å². The molecule has 0 saturated carbocycles. The molecule has 0 aliphatic heterocycles. The largest absolute Gasteiger partial charge is 0.455 e. The van der Waals surface area contributed by atoms with E-state index in [1.165, 1.54) is 0 Å². The molecule has 6 aromatic carbocycles. The van der Waals surface area contributed by atoms with Crippen LogP contribution in [0.1, 0.15) is 5.56 Å². The van der Waals surface area contributed by atoms with Gasteiger partial charge >= 0.3 is 0 Å². The standard InChI is InChI=1S/C40H24N4O2/c1-42-28-20-24-30(25-21-28)46-38-17-9-7-15-36(38)44-34-13-5-3-11-32(34)39-40(44)31-10-2-4-12-33(31)43(39)35-14-6-8-16-37(35)45-29-22-18-27(26-41)19-23-29/h2-25H. The van der Waals surface area contributed by atoms with Crippen molar-refractivity contribution in [2.24, 2.45) is 0 Å². The summed E-state index contributed by atoms with van der Waals surface area (Å²) in [6.45, 7) is 7.29. The molecular weight excluding hydrogens is 568 g/mol. The van der Waals surface area contributed by atoms with Crippen molar-refractivity contribution in [1.29, 1.82) is 5.26 Å². The second-order valence-electron chi connectivity index (χ2n) is 10.8. The van der Waals surface area contributed by atoms with Crippen molar-refractivity contribution in [3.8, 4) is 40.4 Å². The molecule has 0 fully saturated rings. The molecular formula is C40H24N4O2. The minimum absolute atomic E-state index is 0.565. The van der Waals surface area contributed by atoms with Gasteiger partial charge < -0.3 is 18.6 Å². The zero-order valence-corrected chi connectivity index (χ0v) is 24.5. The van der Waals surface area contributed by atoms with E-state index in [9.17, 15) is 5.26 Å². The number of benzene rings is 6. The molecule has 0 unspecified atom stereocenters. The van der Waals surface area contributed by atoms with Crippen LogP contribution in [0.25, 0.3) is 49.1 Å². The number of aromatic nitrogens is 2. The van der Waals surface area contributed by atoms with E-state index >= 15 is 0 Å². The fourth-order valence-corrected chi connectivity index (χ4v) is 6.08. The van der Waals surface area contributed by atoms with E-state index in [4.69, 9.17) is 16.0 Å². The molecule has 0 N–H and O–H groups in total. The summed E-state index contributed by atoms with van der Waals surface area (Å²) in [5.41, 5.74) is 7.10. The average Bonchev–Trinajstić information content (AvgIpc) is 3.62. The smallest absolute Gasteiger partial charge is 0.187 e.